The molecule has 0 N–H and O–H groups in total. The zero-order valence-corrected chi connectivity index (χ0v) is 20.6. The van der Waals surface area contributed by atoms with Gasteiger partial charge in [-0.15, -0.1) is 0 Å². The molecule has 0 bridgehead atoms. The highest BCUT2D eigenvalue weighted by Gasteiger charge is 2.26. The number of hydrogen-bond acceptors (Lipinski definition) is 4. The number of nitrogens with zero attached hydrogens (tertiary/aromatic N) is 4. The third-order valence-electron chi connectivity index (χ3n) is 7.02. The number of ether oxygens (including phenoxy) is 1. The maximum atomic E-state index is 14.1. The lowest BCUT2D eigenvalue weighted by molar-refractivity contribution is 0.0364. The largest absolute Gasteiger partial charge is 0.379 e. The average Bonchev–Trinajstić information content (AvgIpc) is 3.11. The van der Waals surface area contributed by atoms with Gasteiger partial charge in [-0.25, -0.2) is 9.18 Å². The molecular weight excluding hydrogens is 478 g/mol. The smallest absolute Gasteiger partial charge is 0.329 e. The van der Waals surface area contributed by atoms with Crippen molar-refractivity contribution in [3.8, 4) is 0 Å². The molecule has 0 unspecified atom stereocenters. The Balaban J connectivity index is 1.37. The Bertz CT molecular complexity index is 1210. The molecule has 2 saturated heterocycles. The zero-order chi connectivity index (χ0) is 23.7. The molecular formula is C25H29Cl2FN4O2. The summed E-state index contributed by atoms with van der Waals surface area (Å²) < 4.78 is 23.3. The number of likely N-dealkylation sites (tertiary alicyclic amines) is 1. The Hall–Kier alpha value is -1.90. The highest BCUT2D eigenvalue weighted by Crippen LogP contribution is 2.32. The molecule has 0 aliphatic carbocycles. The highest BCUT2D eigenvalue weighted by molar-refractivity contribution is 6.42. The maximum Gasteiger partial charge on any atom is 0.329 e. The molecule has 6 nitrogen and oxygen atoms in total. The van der Waals surface area contributed by atoms with E-state index in [1.807, 2.05) is 33.4 Å². The second-order valence-electron chi connectivity index (χ2n) is 9.11. The SMILES string of the molecule is O=c1n(CCN2CCOCC2)c2cc(Cl)c(Cl)cc2n1C1CCN(Cc2ccccc2F)CC1. The normalized spacial score (nSPS) is 18.7. The third kappa shape index (κ3) is 4.90. The van der Waals surface area contributed by atoms with Crippen LogP contribution < -0.4 is 5.69 Å². The molecule has 0 spiro atoms. The molecule has 2 aliphatic heterocycles. The molecule has 3 aromatic rings. The van der Waals surface area contributed by atoms with E-state index >= 15 is 0 Å². The van der Waals surface area contributed by atoms with Gasteiger partial charge in [0.05, 0.1) is 34.3 Å². The fourth-order valence-electron chi connectivity index (χ4n) is 5.11. The highest BCUT2D eigenvalue weighted by atomic mass is 35.5. The minimum absolute atomic E-state index is 0.0193. The van der Waals surface area contributed by atoms with Gasteiger partial charge in [-0.2, -0.15) is 0 Å². The molecule has 3 heterocycles. The second-order valence-corrected chi connectivity index (χ2v) is 9.93. The molecule has 182 valence electrons. The summed E-state index contributed by atoms with van der Waals surface area (Å²) in [6, 6.07) is 10.6. The number of rotatable bonds is 6. The van der Waals surface area contributed by atoms with Gasteiger partial charge < -0.3 is 4.74 Å². The molecule has 34 heavy (non-hydrogen) atoms. The Kier molecular flexibility index (Phi) is 7.27. The van der Waals surface area contributed by atoms with Gasteiger partial charge in [0.25, 0.3) is 0 Å². The van der Waals surface area contributed by atoms with Crippen LogP contribution in [0.5, 0.6) is 0 Å². The first-order valence-electron chi connectivity index (χ1n) is 11.9. The lowest BCUT2D eigenvalue weighted by Gasteiger charge is -2.32. The predicted octanol–water partition coefficient (Wildman–Crippen LogP) is 4.42. The summed E-state index contributed by atoms with van der Waals surface area (Å²) in [6.45, 7) is 6.75. The van der Waals surface area contributed by atoms with Gasteiger partial charge in [0.15, 0.2) is 0 Å². The number of aromatic nitrogens is 2. The summed E-state index contributed by atoms with van der Waals surface area (Å²) >= 11 is 12.7. The van der Waals surface area contributed by atoms with Gasteiger partial charge in [0, 0.05) is 57.4 Å². The van der Waals surface area contributed by atoms with E-state index < -0.39 is 0 Å². The minimum atomic E-state index is -0.171. The monoisotopic (exact) mass is 506 g/mol. The molecule has 5 rings (SSSR count). The molecule has 1 aromatic heterocycles. The summed E-state index contributed by atoms with van der Waals surface area (Å²) in [5.41, 5.74) is 2.34. The first-order valence-corrected chi connectivity index (χ1v) is 12.6. The van der Waals surface area contributed by atoms with Gasteiger partial charge in [-0.05, 0) is 31.0 Å². The third-order valence-corrected chi connectivity index (χ3v) is 7.74. The number of imidazole rings is 1. The molecule has 9 heteroatoms. The molecule has 0 amide bonds. The first-order chi connectivity index (χ1) is 16.5. The van der Waals surface area contributed by atoms with E-state index in [4.69, 9.17) is 27.9 Å². The van der Waals surface area contributed by atoms with E-state index in [1.165, 1.54) is 6.07 Å². The van der Waals surface area contributed by atoms with Crippen LogP contribution in [0, 0.1) is 5.82 Å². The van der Waals surface area contributed by atoms with E-state index in [2.05, 4.69) is 9.80 Å². The molecule has 2 fully saturated rings. The van der Waals surface area contributed by atoms with Crippen LogP contribution in [0.2, 0.25) is 10.0 Å². The van der Waals surface area contributed by atoms with Crippen LogP contribution in [0.15, 0.2) is 41.2 Å². The van der Waals surface area contributed by atoms with Crippen LogP contribution in [-0.4, -0.2) is 64.9 Å². The standard InChI is InChI=1S/C25H29Cl2FN4O2/c26-20-15-23-24(16-21(20)27)32(25(33)31(23)10-9-29-11-13-34-14-12-29)19-5-7-30(8-6-19)17-18-3-1-2-4-22(18)28/h1-4,15-16,19H,5-14,17H2. The van der Waals surface area contributed by atoms with Crippen molar-refractivity contribution in [3.05, 3.63) is 68.3 Å². The number of benzene rings is 2. The number of hydrogen-bond donors (Lipinski definition) is 0. The lowest BCUT2D eigenvalue weighted by atomic mass is 10.0. The first kappa shape index (κ1) is 23.8. The Morgan fingerprint density at radius 1 is 0.912 bits per heavy atom. The molecule has 0 atom stereocenters. The topological polar surface area (TPSA) is 42.6 Å². The van der Waals surface area contributed by atoms with Crippen LogP contribution in [0.25, 0.3) is 11.0 Å². The maximum absolute atomic E-state index is 14.1. The van der Waals surface area contributed by atoms with E-state index in [0.29, 0.717) is 28.7 Å². The predicted molar refractivity (Wildman–Crippen MR) is 133 cm³/mol. The molecule has 2 aliphatic rings. The summed E-state index contributed by atoms with van der Waals surface area (Å²) in [4.78, 5) is 18.2. The summed E-state index contributed by atoms with van der Waals surface area (Å²) in [5.74, 6) is -0.171. The van der Waals surface area contributed by atoms with Crippen LogP contribution in [0.1, 0.15) is 24.4 Å². The Morgan fingerprint density at radius 2 is 1.59 bits per heavy atom. The van der Waals surface area contributed by atoms with E-state index in [-0.39, 0.29) is 17.5 Å². The van der Waals surface area contributed by atoms with Crippen LogP contribution in [-0.2, 0) is 17.8 Å². The van der Waals surface area contributed by atoms with Gasteiger partial charge in [0.1, 0.15) is 5.82 Å². The van der Waals surface area contributed by atoms with Crippen molar-refractivity contribution in [2.24, 2.45) is 0 Å². The van der Waals surface area contributed by atoms with E-state index in [1.54, 1.807) is 6.07 Å². The van der Waals surface area contributed by atoms with Crippen molar-refractivity contribution in [2.75, 3.05) is 45.9 Å². The van der Waals surface area contributed by atoms with Crippen molar-refractivity contribution in [3.63, 3.8) is 0 Å². The fraction of sp³-hybridized carbons (Fsp3) is 0.480. The molecule has 2 aromatic carbocycles. The van der Waals surface area contributed by atoms with E-state index in [9.17, 15) is 9.18 Å². The van der Waals surface area contributed by atoms with Crippen molar-refractivity contribution in [1.29, 1.82) is 0 Å². The van der Waals surface area contributed by atoms with Crippen LogP contribution >= 0.6 is 23.2 Å². The second kappa shape index (κ2) is 10.4. The van der Waals surface area contributed by atoms with Gasteiger partial charge in [-0.1, -0.05) is 41.4 Å². The fourth-order valence-corrected chi connectivity index (χ4v) is 5.43. The zero-order valence-electron chi connectivity index (χ0n) is 19.1. The number of piperidine rings is 1. The Labute approximate surface area is 208 Å². The number of fused-ring (bicyclic) bond motifs is 1. The lowest BCUT2D eigenvalue weighted by Crippen LogP contribution is -2.40. The Morgan fingerprint density at radius 3 is 2.29 bits per heavy atom. The van der Waals surface area contributed by atoms with Gasteiger partial charge in [-0.3, -0.25) is 18.9 Å². The van der Waals surface area contributed by atoms with Gasteiger partial charge >= 0.3 is 5.69 Å². The van der Waals surface area contributed by atoms with Crippen molar-refractivity contribution in [1.82, 2.24) is 18.9 Å². The van der Waals surface area contributed by atoms with Crippen molar-refractivity contribution >= 4 is 34.2 Å². The van der Waals surface area contributed by atoms with Gasteiger partial charge in [0.2, 0.25) is 0 Å². The van der Waals surface area contributed by atoms with Crippen molar-refractivity contribution < 1.29 is 9.13 Å². The average molecular weight is 507 g/mol. The quantitative estimate of drug-likeness (QED) is 0.496. The van der Waals surface area contributed by atoms with Crippen LogP contribution in [0.3, 0.4) is 0 Å². The van der Waals surface area contributed by atoms with E-state index in [0.717, 1.165) is 69.8 Å². The molecule has 0 saturated carbocycles. The number of halogens is 3. The van der Waals surface area contributed by atoms with Crippen molar-refractivity contribution in [2.45, 2.75) is 32.0 Å². The summed E-state index contributed by atoms with van der Waals surface area (Å²) in [5, 5.41) is 0.899. The molecule has 0 radical (unpaired) electrons. The minimum Gasteiger partial charge on any atom is -0.379 e. The van der Waals surface area contributed by atoms with Crippen LogP contribution in [0.4, 0.5) is 4.39 Å². The number of morpholine rings is 1. The summed E-state index contributed by atoms with van der Waals surface area (Å²) in [6.07, 6.45) is 1.63. The summed E-state index contributed by atoms with van der Waals surface area (Å²) in [7, 11) is 0.